The van der Waals surface area contributed by atoms with Gasteiger partial charge in [0.2, 0.25) is 0 Å². The van der Waals surface area contributed by atoms with Crippen molar-refractivity contribution in [1.29, 1.82) is 0 Å². The van der Waals surface area contributed by atoms with E-state index in [1.165, 1.54) is 0 Å². The quantitative estimate of drug-likeness (QED) is 0.489. The SMILES string of the molecule is NC(=C(N)c1ccccc1)c1ccccc1.O=[P+](O)O[P+](=O)O. The summed E-state index contributed by atoms with van der Waals surface area (Å²) in [6.45, 7) is 0. The van der Waals surface area contributed by atoms with Crippen molar-refractivity contribution < 1.29 is 23.2 Å². The minimum Gasteiger partial charge on any atom is -0.397 e. The lowest BCUT2D eigenvalue weighted by molar-refractivity contribution is 0.371. The maximum absolute atomic E-state index is 9.39. The molecule has 7 nitrogen and oxygen atoms in total. The van der Waals surface area contributed by atoms with Gasteiger partial charge in [0.25, 0.3) is 0 Å². The fourth-order valence-electron chi connectivity index (χ4n) is 1.61. The first-order valence-electron chi connectivity index (χ1n) is 6.28. The maximum Gasteiger partial charge on any atom is 0.745 e. The molecule has 2 atom stereocenters. The number of benzene rings is 2. The number of hydrogen-bond acceptors (Lipinski definition) is 5. The monoisotopic (exact) mass is 354 g/mol. The lowest BCUT2D eigenvalue weighted by atomic mass is 10.1. The summed E-state index contributed by atoms with van der Waals surface area (Å²) >= 11 is 0. The van der Waals surface area contributed by atoms with Crippen molar-refractivity contribution >= 4 is 27.9 Å². The van der Waals surface area contributed by atoms with Crippen LogP contribution in [0.4, 0.5) is 0 Å². The van der Waals surface area contributed by atoms with E-state index >= 15 is 0 Å². The smallest absolute Gasteiger partial charge is 0.397 e. The molecule has 0 saturated carbocycles. The molecular formula is C14H16N2O5P2+2. The van der Waals surface area contributed by atoms with Gasteiger partial charge in [0, 0.05) is 9.13 Å². The van der Waals surface area contributed by atoms with Gasteiger partial charge in [-0.15, -0.1) is 9.79 Å². The molecule has 0 aromatic heterocycles. The molecule has 0 saturated heterocycles. The molecule has 9 heteroatoms. The summed E-state index contributed by atoms with van der Waals surface area (Å²) in [7, 11) is -5.85. The van der Waals surface area contributed by atoms with E-state index in [2.05, 4.69) is 4.31 Å². The Morgan fingerprint density at radius 2 is 1.04 bits per heavy atom. The van der Waals surface area contributed by atoms with Gasteiger partial charge in [-0.05, 0) is 11.1 Å². The highest BCUT2D eigenvalue weighted by Crippen LogP contribution is 2.30. The van der Waals surface area contributed by atoms with Gasteiger partial charge in [-0.2, -0.15) is 0 Å². The largest absolute Gasteiger partial charge is 0.745 e. The van der Waals surface area contributed by atoms with Crippen molar-refractivity contribution in [2.45, 2.75) is 0 Å². The number of rotatable bonds is 4. The van der Waals surface area contributed by atoms with E-state index in [1.54, 1.807) is 0 Å². The predicted octanol–water partition coefficient (Wildman–Crippen LogP) is 2.73. The average Bonchev–Trinajstić information content (AvgIpc) is 2.54. The zero-order valence-electron chi connectivity index (χ0n) is 11.9. The van der Waals surface area contributed by atoms with Gasteiger partial charge in [-0.1, -0.05) is 60.7 Å². The van der Waals surface area contributed by atoms with Crippen molar-refractivity contribution in [1.82, 2.24) is 0 Å². The fraction of sp³-hybridized carbons (Fsp3) is 0. The molecule has 2 unspecified atom stereocenters. The Morgan fingerprint density at radius 3 is 1.26 bits per heavy atom. The fourth-order valence-corrected chi connectivity index (χ4v) is 2.08. The summed E-state index contributed by atoms with van der Waals surface area (Å²) in [4.78, 5) is 15.3. The molecule has 0 amide bonds. The summed E-state index contributed by atoms with van der Waals surface area (Å²) in [5.41, 5.74) is 15.2. The summed E-state index contributed by atoms with van der Waals surface area (Å²) in [6.07, 6.45) is 0. The Kier molecular flexibility index (Phi) is 8.05. The number of hydrogen-bond donors (Lipinski definition) is 4. The van der Waals surface area contributed by atoms with Gasteiger partial charge in [-0.25, -0.2) is 0 Å². The predicted molar refractivity (Wildman–Crippen MR) is 88.8 cm³/mol. The Bertz CT molecular complexity index is 633. The Labute approximate surface area is 135 Å². The van der Waals surface area contributed by atoms with Gasteiger partial charge in [0.1, 0.15) is 0 Å². The van der Waals surface area contributed by atoms with E-state index in [1.807, 2.05) is 60.7 Å². The molecule has 0 spiro atoms. The molecule has 2 aromatic carbocycles. The third-order valence-corrected chi connectivity index (χ3v) is 3.72. The van der Waals surface area contributed by atoms with Crippen molar-refractivity contribution in [3.05, 3.63) is 71.8 Å². The molecule has 23 heavy (non-hydrogen) atoms. The van der Waals surface area contributed by atoms with Crippen LogP contribution in [0.2, 0.25) is 0 Å². The summed E-state index contributed by atoms with van der Waals surface area (Å²) in [6, 6.07) is 19.5. The van der Waals surface area contributed by atoms with Crippen LogP contribution in [0.25, 0.3) is 11.4 Å². The van der Waals surface area contributed by atoms with Gasteiger partial charge >= 0.3 is 16.5 Å². The van der Waals surface area contributed by atoms with Gasteiger partial charge in [-0.3, -0.25) is 0 Å². The average molecular weight is 354 g/mol. The van der Waals surface area contributed by atoms with Crippen molar-refractivity contribution in [3.8, 4) is 0 Å². The normalized spacial score (nSPS) is 12.4. The summed E-state index contributed by atoms with van der Waals surface area (Å²) in [5.74, 6) is 0. The molecule has 2 aromatic rings. The van der Waals surface area contributed by atoms with Crippen LogP contribution in [-0.4, -0.2) is 9.79 Å². The highest BCUT2D eigenvalue weighted by atomic mass is 31.2. The molecule has 0 radical (unpaired) electrons. The van der Waals surface area contributed by atoms with E-state index in [4.69, 9.17) is 21.3 Å². The molecule has 0 bridgehead atoms. The zero-order valence-corrected chi connectivity index (χ0v) is 13.7. The first kappa shape index (κ1) is 18.9. The Balaban J connectivity index is 0.000000322. The molecule has 0 heterocycles. The van der Waals surface area contributed by atoms with Gasteiger partial charge in [0.05, 0.1) is 11.4 Å². The molecule has 0 aliphatic heterocycles. The molecule has 120 valence electrons. The standard InChI is InChI=1S/C14H14N2.O5P2/c15-13(11-7-3-1-4-8-11)14(16)12-9-5-2-6-10-12;1-6(2)5-7(3)4/h1-10H,15-16H2;/p+2. The first-order valence-corrected chi connectivity index (χ1v) is 8.54. The van der Waals surface area contributed by atoms with E-state index in [0.717, 1.165) is 11.1 Å². The van der Waals surface area contributed by atoms with Gasteiger partial charge < -0.3 is 11.5 Å². The lowest BCUT2D eigenvalue weighted by Gasteiger charge is -2.07. The minimum atomic E-state index is -2.92. The first-order chi connectivity index (χ1) is 10.9. The van der Waals surface area contributed by atoms with Crippen LogP contribution in [0.15, 0.2) is 60.7 Å². The van der Waals surface area contributed by atoms with Crippen LogP contribution in [-0.2, 0) is 13.4 Å². The summed E-state index contributed by atoms with van der Waals surface area (Å²) in [5, 5.41) is 0. The van der Waals surface area contributed by atoms with Crippen molar-refractivity contribution in [2.24, 2.45) is 11.5 Å². The molecule has 0 aliphatic rings. The lowest BCUT2D eigenvalue weighted by Crippen LogP contribution is -2.07. The highest BCUT2D eigenvalue weighted by Gasteiger charge is 2.31. The van der Waals surface area contributed by atoms with Crippen LogP contribution in [0.1, 0.15) is 11.1 Å². The molecule has 0 fully saturated rings. The van der Waals surface area contributed by atoms with Crippen LogP contribution in [0.5, 0.6) is 0 Å². The van der Waals surface area contributed by atoms with E-state index in [0.29, 0.717) is 11.4 Å². The second-order valence-electron chi connectivity index (χ2n) is 4.12. The molecule has 2 rings (SSSR count). The third-order valence-electron chi connectivity index (χ3n) is 2.60. The highest BCUT2D eigenvalue weighted by molar-refractivity contribution is 7.46. The minimum absolute atomic E-state index is 0.617. The Hall–Kier alpha value is -2.14. The second-order valence-corrected chi connectivity index (χ2v) is 5.72. The molecule has 6 N–H and O–H groups in total. The Morgan fingerprint density at radius 1 is 0.739 bits per heavy atom. The van der Waals surface area contributed by atoms with Crippen LogP contribution >= 0.6 is 16.5 Å². The van der Waals surface area contributed by atoms with E-state index < -0.39 is 16.5 Å². The van der Waals surface area contributed by atoms with Crippen LogP contribution in [0, 0.1) is 0 Å². The topological polar surface area (TPSA) is 136 Å². The van der Waals surface area contributed by atoms with Crippen molar-refractivity contribution in [2.75, 3.05) is 0 Å². The maximum atomic E-state index is 9.39. The molecule has 0 aliphatic carbocycles. The zero-order chi connectivity index (χ0) is 17.2. The van der Waals surface area contributed by atoms with Gasteiger partial charge in [0.15, 0.2) is 4.31 Å². The third kappa shape index (κ3) is 7.10. The molecular weight excluding hydrogens is 338 g/mol. The van der Waals surface area contributed by atoms with Crippen LogP contribution in [0.3, 0.4) is 0 Å². The van der Waals surface area contributed by atoms with E-state index in [9.17, 15) is 9.13 Å². The second kappa shape index (κ2) is 9.79. The summed E-state index contributed by atoms with van der Waals surface area (Å²) < 4.78 is 22.2. The van der Waals surface area contributed by atoms with Crippen LogP contribution < -0.4 is 11.5 Å². The van der Waals surface area contributed by atoms with Crippen molar-refractivity contribution in [3.63, 3.8) is 0 Å². The van der Waals surface area contributed by atoms with E-state index in [-0.39, 0.29) is 0 Å². The number of nitrogens with two attached hydrogens (primary N) is 2.